The summed E-state index contributed by atoms with van der Waals surface area (Å²) in [5.41, 5.74) is 0. The van der Waals surface area contributed by atoms with Crippen LogP contribution in [0.3, 0.4) is 0 Å². The minimum absolute atomic E-state index is 0.194. The lowest BCUT2D eigenvalue weighted by Crippen LogP contribution is -1.75. The zero-order chi connectivity index (χ0) is 5.54. The summed E-state index contributed by atoms with van der Waals surface area (Å²) in [5.74, 6) is 0. The second-order valence-corrected chi connectivity index (χ2v) is 1.12. The highest BCUT2D eigenvalue weighted by Gasteiger charge is 1.69. The molecule has 1 N–H and O–H groups in total. The van der Waals surface area contributed by atoms with Crippen LogP contribution in [0.25, 0.3) is 0 Å². The van der Waals surface area contributed by atoms with Crippen molar-refractivity contribution in [2.45, 2.75) is 6.42 Å². The lowest BCUT2D eigenvalue weighted by Gasteiger charge is -1.83. The number of hydrogen-bond donors (Lipinski definition) is 1. The number of aliphatic hydroxyl groups excluding tert-OH is 1. The van der Waals surface area contributed by atoms with E-state index >= 15 is 0 Å². The largest absolute Gasteiger partial charge is 0.505 e. The van der Waals surface area contributed by atoms with E-state index in [0.29, 0.717) is 6.42 Å². The third-order valence-electron chi connectivity index (χ3n) is 0.528. The summed E-state index contributed by atoms with van der Waals surface area (Å²) in [4.78, 5) is 0. The van der Waals surface area contributed by atoms with Gasteiger partial charge < -0.3 is 9.84 Å². The van der Waals surface area contributed by atoms with Gasteiger partial charge in [-0.25, -0.2) is 0 Å². The average molecular weight is 102 g/mol. The van der Waals surface area contributed by atoms with Crippen molar-refractivity contribution in [2.24, 2.45) is 0 Å². The van der Waals surface area contributed by atoms with Gasteiger partial charge in [0.15, 0.2) is 0 Å². The van der Waals surface area contributed by atoms with Gasteiger partial charge in [-0.1, -0.05) is 0 Å². The Bertz CT molecular complexity index is 50.0. The maximum Gasteiger partial charge on any atom is 0.0785 e. The Labute approximate surface area is 43.4 Å². The zero-order valence-corrected chi connectivity index (χ0v) is 4.42. The average Bonchev–Trinajstić information content (AvgIpc) is 1.69. The van der Waals surface area contributed by atoms with Crippen LogP contribution in [0.15, 0.2) is 12.3 Å². The fraction of sp³-hybridized carbons (Fsp3) is 0.600. The molecule has 2 nitrogen and oxygen atoms in total. The van der Waals surface area contributed by atoms with E-state index in [0.717, 1.165) is 0 Å². The molecule has 0 aromatic rings. The first-order valence-electron chi connectivity index (χ1n) is 2.20. The van der Waals surface area contributed by atoms with Crippen molar-refractivity contribution < 1.29 is 9.84 Å². The van der Waals surface area contributed by atoms with Crippen LogP contribution >= 0.6 is 0 Å². The molecule has 0 aliphatic heterocycles. The Balaban J connectivity index is 2.78. The Morgan fingerprint density at radius 2 is 2.43 bits per heavy atom. The molecule has 0 aliphatic rings. The quantitative estimate of drug-likeness (QED) is 0.527. The Morgan fingerprint density at radius 1 is 1.71 bits per heavy atom. The predicted octanol–water partition coefficient (Wildman–Crippen LogP) is 0.529. The van der Waals surface area contributed by atoms with E-state index in [9.17, 15) is 0 Å². The molecule has 7 heavy (non-hydrogen) atoms. The number of ether oxygens (including phenoxy) is 1. The van der Waals surface area contributed by atoms with Gasteiger partial charge in [0.05, 0.1) is 13.4 Å². The third-order valence-corrected chi connectivity index (χ3v) is 0.528. The van der Waals surface area contributed by atoms with Crippen LogP contribution in [0, 0.1) is 0 Å². The molecular formula is C5H10O2. The molecular weight excluding hydrogens is 92.1 g/mol. The molecule has 0 unspecified atom stereocenters. The molecule has 42 valence electrons. The van der Waals surface area contributed by atoms with Crippen LogP contribution in [0.1, 0.15) is 6.42 Å². The summed E-state index contributed by atoms with van der Waals surface area (Å²) >= 11 is 0. The molecule has 0 radical (unpaired) electrons. The first-order chi connectivity index (χ1) is 3.41. The minimum atomic E-state index is 0.194. The molecule has 0 aliphatic carbocycles. The monoisotopic (exact) mass is 102 g/mol. The van der Waals surface area contributed by atoms with Gasteiger partial charge in [0.25, 0.3) is 0 Å². The van der Waals surface area contributed by atoms with E-state index in [2.05, 4.69) is 4.74 Å². The highest BCUT2D eigenvalue weighted by atomic mass is 16.5. The lowest BCUT2D eigenvalue weighted by atomic mass is 10.4. The summed E-state index contributed by atoms with van der Waals surface area (Å²) in [7, 11) is 1.58. The molecule has 0 bridgehead atoms. The molecule has 0 saturated heterocycles. The van der Waals surface area contributed by atoms with Crippen molar-refractivity contribution in [3.05, 3.63) is 12.3 Å². The van der Waals surface area contributed by atoms with Crippen molar-refractivity contribution in [3.8, 4) is 0 Å². The van der Waals surface area contributed by atoms with Gasteiger partial charge in [0, 0.05) is 6.61 Å². The van der Waals surface area contributed by atoms with Crippen LogP contribution in [-0.4, -0.2) is 18.8 Å². The molecule has 0 rings (SSSR count). The Kier molecular flexibility index (Phi) is 5.11. The SMILES string of the molecule is COC=CCCO. The molecule has 0 heterocycles. The Hall–Kier alpha value is -0.500. The Morgan fingerprint density at radius 3 is 2.86 bits per heavy atom. The summed E-state index contributed by atoms with van der Waals surface area (Å²) < 4.78 is 4.55. The normalized spacial score (nSPS) is 10.0. The number of rotatable bonds is 3. The van der Waals surface area contributed by atoms with Gasteiger partial charge in [-0.05, 0) is 12.5 Å². The first-order valence-corrected chi connectivity index (χ1v) is 2.20. The second kappa shape index (κ2) is 5.50. The number of methoxy groups -OCH3 is 1. The van der Waals surface area contributed by atoms with Crippen molar-refractivity contribution >= 4 is 0 Å². The van der Waals surface area contributed by atoms with E-state index in [1.54, 1.807) is 19.4 Å². The summed E-state index contributed by atoms with van der Waals surface area (Å²) in [6, 6.07) is 0. The van der Waals surface area contributed by atoms with Crippen LogP contribution in [0.4, 0.5) is 0 Å². The summed E-state index contributed by atoms with van der Waals surface area (Å²) in [6.45, 7) is 0.194. The minimum Gasteiger partial charge on any atom is -0.505 e. The molecule has 0 atom stereocenters. The molecule has 0 spiro atoms. The van der Waals surface area contributed by atoms with Gasteiger partial charge in [-0.3, -0.25) is 0 Å². The molecule has 0 fully saturated rings. The van der Waals surface area contributed by atoms with Gasteiger partial charge in [0.1, 0.15) is 0 Å². The maximum absolute atomic E-state index is 8.19. The summed E-state index contributed by atoms with van der Waals surface area (Å²) in [6.07, 6.45) is 3.99. The van der Waals surface area contributed by atoms with Gasteiger partial charge in [0.2, 0.25) is 0 Å². The van der Waals surface area contributed by atoms with Crippen molar-refractivity contribution in [3.63, 3.8) is 0 Å². The molecule has 0 amide bonds. The number of aliphatic hydroxyl groups is 1. The van der Waals surface area contributed by atoms with Crippen LogP contribution in [0.5, 0.6) is 0 Å². The van der Waals surface area contributed by atoms with Crippen molar-refractivity contribution in [1.29, 1.82) is 0 Å². The number of hydrogen-bond acceptors (Lipinski definition) is 2. The maximum atomic E-state index is 8.19. The molecule has 2 heteroatoms. The highest BCUT2D eigenvalue weighted by Crippen LogP contribution is 1.78. The van der Waals surface area contributed by atoms with E-state index in [-0.39, 0.29) is 6.61 Å². The topological polar surface area (TPSA) is 29.5 Å². The first kappa shape index (κ1) is 6.50. The van der Waals surface area contributed by atoms with E-state index in [1.165, 1.54) is 0 Å². The third kappa shape index (κ3) is 5.50. The van der Waals surface area contributed by atoms with Gasteiger partial charge in [-0.15, -0.1) is 0 Å². The van der Waals surface area contributed by atoms with E-state index in [1.807, 2.05) is 0 Å². The zero-order valence-electron chi connectivity index (χ0n) is 4.42. The van der Waals surface area contributed by atoms with Crippen LogP contribution in [0.2, 0.25) is 0 Å². The standard InChI is InChI=1S/C5H10O2/c1-7-5-3-2-4-6/h3,5-6H,2,4H2,1H3. The fourth-order valence-corrected chi connectivity index (χ4v) is 0.239. The van der Waals surface area contributed by atoms with Crippen LogP contribution in [-0.2, 0) is 4.74 Å². The van der Waals surface area contributed by atoms with E-state index in [4.69, 9.17) is 5.11 Å². The van der Waals surface area contributed by atoms with Gasteiger partial charge in [-0.2, -0.15) is 0 Å². The molecule has 0 aromatic carbocycles. The van der Waals surface area contributed by atoms with Crippen molar-refractivity contribution in [2.75, 3.05) is 13.7 Å². The predicted molar refractivity (Wildman–Crippen MR) is 27.9 cm³/mol. The molecule has 0 saturated carbocycles. The van der Waals surface area contributed by atoms with Crippen molar-refractivity contribution in [1.82, 2.24) is 0 Å². The van der Waals surface area contributed by atoms with Gasteiger partial charge >= 0.3 is 0 Å². The fourth-order valence-electron chi connectivity index (χ4n) is 0.239. The lowest BCUT2D eigenvalue weighted by molar-refractivity contribution is 0.297. The summed E-state index contributed by atoms with van der Waals surface area (Å²) in [5, 5.41) is 8.19. The van der Waals surface area contributed by atoms with Crippen LogP contribution < -0.4 is 0 Å². The van der Waals surface area contributed by atoms with E-state index < -0.39 is 0 Å². The smallest absolute Gasteiger partial charge is 0.0785 e. The second-order valence-electron chi connectivity index (χ2n) is 1.12. The highest BCUT2D eigenvalue weighted by molar-refractivity contribution is 4.71. The molecule has 0 aromatic heterocycles.